The summed E-state index contributed by atoms with van der Waals surface area (Å²) in [4.78, 5) is 10.7. The van der Waals surface area contributed by atoms with Crippen molar-refractivity contribution >= 4 is 23.3 Å². The summed E-state index contributed by atoms with van der Waals surface area (Å²) < 4.78 is 4.49. The molecule has 0 bridgehead atoms. The first-order valence-electron chi connectivity index (χ1n) is 4.64. The van der Waals surface area contributed by atoms with Gasteiger partial charge in [0, 0.05) is 13.1 Å². The van der Waals surface area contributed by atoms with Gasteiger partial charge in [-0.3, -0.25) is 4.79 Å². The summed E-state index contributed by atoms with van der Waals surface area (Å²) in [7, 11) is 1.37. The lowest BCUT2D eigenvalue weighted by atomic mass is 10.2. The molecule has 0 aliphatic rings. The Labute approximate surface area is 90.4 Å². The molecule has 0 aliphatic carbocycles. The lowest BCUT2D eigenvalue weighted by molar-refractivity contribution is -0.140. The van der Waals surface area contributed by atoms with Crippen LogP contribution in [0.25, 0.3) is 0 Å². The summed E-state index contributed by atoms with van der Waals surface area (Å²) >= 11 is 4.99. The standard InChI is InChI=1S/C9H18N2O2S/c1-7(2)6-11-9(14)10-5-4-8(12)13-3/h7H,4-6H2,1-3H3,(H2,10,11,14). The highest BCUT2D eigenvalue weighted by Crippen LogP contribution is 1.87. The Balaban J connectivity index is 3.40. The van der Waals surface area contributed by atoms with E-state index in [-0.39, 0.29) is 5.97 Å². The van der Waals surface area contributed by atoms with Crippen LogP contribution in [0.3, 0.4) is 0 Å². The van der Waals surface area contributed by atoms with Crippen molar-refractivity contribution in [1.82, 2.24) is 10.6 Å². The minimum atomic E-state index is -0.232. The molecule has 82 valence electrons. The molecule has 0 saturated heterocycles. The van der Waals surface area contributed by atoms with Crippen molar-refractivity contribution in [3.63, 3.8) is 0 Å². The van der Waals surface area contributed by atoms with E-state index in [0.717, 1.165) is 6.54 Å². The molecular weight excluding hydrogens is 200 g/mol. The van der Waals surface area contributed by atoms with E-state index in [1.54, 1.807) is 0 Å². The van der Waals surface area contributed by atoms with Crippen LogP contribution in [-0.4, -0.2) is 31.3 Å². The average Bonchev–Trinajstić information content (AvgIpc) is 2.14. The zero-order valence-electron chi connectivity index (χ0n) is 8.92. The zero-order chi connectivity index (χ0) is 11.0. The molecule has 0 aromatic heterocycles. The zero-order valence-corrected chi connectivity index (χ0v) is 9.74. The van der Waals surface area contributed by atoms with Crippen LogP contribution < -0.4 is 10.6 Å². The first-order chi connectivity index (χ1) is 6.56. The van der Waals surface area contributed by atoms with E-state index in [0.29, 0.717) is 24.0 Å². The van der Waals surface area contributed by atoms with Crippen molar-refractivity contribution in [3.05, 3.63) is 0 Å². The first-order valence-corrected chi connectivity index (χ1v) is 5.05. The van der Waals surface area contributed by atoms with Crippen molar-refractivity contribution in [2.24, 2.45) is 5.92 Å². The predicted octanol–water partition coefficient (Wildman–Crippen LogP) is 0.670. The molecule has 4 nitrogen and oxygen atoms in total. The maximum Gasteiger partial charge on any atom is 0.307 e. The summed E-state index contributed by atoms with van der Waals surface area (Å²) in [6.45, 7) is 5.55. The van der Waals surface area contributed by atoms with Gasteiger partial charge in [0.2, 0.25) is 0 Å². The Morgan fingerprint density at radius 3 is 2.57 bits per heavy atom. The number of hydrogen-bond donors (Lipinski definition) is 2. The number of carbonyl (C=O) groups is 1. The number of methoxy groups -OCH3 is 1. The number of thiocarbonyl (C=S) groups is 1. The van der Waals surface area contributed by atoms with E-state index in [1.807, 2.05) is 0 Å². The second-order valence-corrected chi connectivity index (χ2v) is 3.77. The average molecular weight is 218 g/mol. The van der Waals surface area contributed by atoms with Gasteiger partial charge in [-0.05, 0) is 18.1 Å². The van der Waals surface area contributed by atoms with Gasteiger partial charge in [0.15, 0.2) is 5.11 Å². The smallest absolute Gasteiger partial charge is 0.307 e. The second-order valence-electron chi connectivity index (χ2n) is 3.36. The van der Waals surface area contributed by atoms with Gasteiger partial charge in [-0.2, -0.15) is 0 Å². The van der Waals surface area contributed by atoms with E-state index >= 15 is 0 Å². The molecule has 0 aromatic rings. The van der Waals surface area contributed by atoms with Crippen LogP contribution in [0.15, 0.2) is 0 Å². The van der Waals surface area contributed by atoms with Crippen LogP contribution >= 0.6 is 12.2 Å². The van der Waals surface area contributed by atoms with Crippen molar-refractivity contribution in [1.29, 1.82) is 0 Å². The fourth-order valence-electron chi connectivity index (χ4n) is 0.739. The molecule has 0 radical (unpaired) electrons. The molecule has 0 spiro atoms. The van der Waals surface area contributed by atoms with Crippen molar-refractivity contribution in [2.45, 2.75) is 20.3 Å². The number of esters is 1. The normalized spacial score (nSPS) is 9.71. The van der Waals surface area contributed by atoms with Crippen LogP contribution in [0, 0.1) is 5.92 Å². The fraction of sp³-hybridized carbons (Fsp3) is 0.778. The highest BCUT2D eigenvalue weighted by Gasteiger charge is 2.00. The first kappa shape index (κ1) is 13.2. The topological polar surface area (TPSA) is 50.4 Å². The summed E-state index contributed by atoms with van der Waals surface area (Å²) in [5.41, 5.74) is 0. The molecule has 0 unspecified atom stereocenters. The molecule has 0 rings (SSSR count). The predicted molar refractivity (Wildman–Crippen MR) is 60.1 cm³/mol. The molecule has 2 N–H and O–H groups in total. The van der Waals surface area contributed by atoms with Crippen molar-refractivity contribution in [3.8, 4) is 0 Å². The maximum atomic E-state index is 10.7. The van der Waals surface area contributed by atoms with Gasteiger partial charge < -0.3 is 15.4 Å². The number of carbonyl (C=O) groups excluding carboxylic acids is 1. The quantitative estimate of drug-likeness (QED) is 0.525. The number of nitrogens with one attached hydrogen (secondary N) is 2. The summed E-state index contributed by atoms with van der Waals surface area (Å²) in [6.07, 6.45) is 0.333. The summed E-state index contributed by atoms with van der Waals surface area (Å²) in [6, 6.07) is 0. The minimum Gasteiger partial charge on any atom is -0.469 e. The van der Waals surface area contributed by atoms with Crippen molar-refractivity contribution in [2.75, 3.05) is 20.2 Å². The molecule has 0 atom stereocenters. The van der Waals surface area contributed by atoms with Gasteiger partial charge in [0.25, 0.3) is 0 Å². The van der Waals surface area contributed by atoms with Crippen LogP contribution in [0.1, 0.15) is 20.3 Å². The van der Waals surface area contributed by atoms with Crippen LogP contribution in [-0.2, 0) is 9.53 Å². The van der Waals surface area contributed by atoms with Crippen LogP contribution in [0.4, 0.5) is 0 Å². The molecule has 5 heteroatoms. The van der Waals surface area contributed by atoms with Gasteiger partial charge >= 0.3 is 5.97 Å². The lowest BCUT2D eigenvalue weighted by Gasteiger charge is -2.11. The van der Waals surface area contributed by atoms with E-state index in [9.17, 15) is 4.79 Å². The molecule has 0 aromatic carbocycles. The minimum absolute atomic E-state index is 0.232. The molecular formula is C9H18N2O2S. The third-order valence-electron chi connectivity index (χ3n) is 1.51. The van der Waals surface area contributed by atoms with Gasteiger partial charge in [-0.25, -0.2) is 0 Å². The second kappa shape index (κ2) is 7.55. The van der Waals surface area contributed by atoms with Gasteiger partial charge in [0.05, 0.1) is 13.5 Å². The SMILES string of the molecule is COC(=O)CCNC(=S)NCC(C)C. The fourth-order valence-corrected chi connectivity index (χ4v) is 0.925. The Bertz CT molecular complexity index is 195. The van der Waals surface area contributed by atoms with Crippen LogP contribution in [0.2, 0.25) is 0 Å². The summed E-state index contributed by atoms with van der Waals surface area (Å²) in [5, 5.41) is 6.55. The van der Waals surface area contributed by atoms with Gasteiger partial charge in [0.1, 0.15) is 0 Å². The van der Waals surface area contributed by atoms with E-state index in [4.69, 9.17) is 12.2 Å². The maximum absolute atomic E-state index is 10.7. The Kier molecular flexibility index (Phi) is 7.10. The largest absolute Gasteiger partial charge is 0.469 e. The number of rotatable bonds is 5. The Morgan fingerprint density at radius 2 is 2.07 bits per heavy atom. The highest BCUT2D eigenvalue weighted by atomic mass is 32.1. The molecule has 0 saturated carbocycles. The molecule has 0 fully saturated rings. The van der Waals surface area contributed by atoms with Gasteiger partial charge in [-0.1, -0.05) is 13.8 Å². The Morgan fingerprint density at radius 1 is 1.43 bits per heavy atom. The van der Waals surface area contributed by atoms with Gasteiger partial charge in [-0.15, -0.1) is 0 Å². The monoisotopic (exact) mass is 218 g/mol. The third kappa shape index (κ3) is 7.79. The highest BCUT2D eigenvalue weighted by molar-refractivity contribution is 7.80. The van der Waals surface area contributed by atoms with E-state index in [1.165, 1.54) is 7.11 Å². The van der Waals surface area contributed by atoms with Crippen molar-refractivity contribution < 1.29 is 9.53 Å². The van der Waals surface area contributed by atoms with E-state index in [2.05, 4.69) is 29.2 Å². The lowest BCUT2D eigenvalue weighted by Crippen LogP contribution is -2.38. The number of ether oxygens (including phenoxy) is 1. The number of hydrogen-bond acceptors (Lipinski definition) is 3. The van der Waals surface area contributed by atoms with E-state index < -0.39 is 0 Å². The molecule has 0 heterocycles. The van der Waals surface area contributed by atoms with Crippen LogP contribution in [0.5, 0.6) is 0 Å². The third-order valence-corrected chi connectivity index (χ3v) is 1.80. The molecule has 14 heavy (non-hydrogen) atoms. The molecule has 0 amide bonds. The Hall–Kier alpha value is -0.840. The molecule has 0 aliphatic heterocycles. The summed E-state index contributed by atoms with van der Waals surface area (Å²) in [5.74, 6) is 0.319.